The summed E-state index contributed by atoms with van der Waals surface area (Å²) in [5.74, 6) is -1.47. The normalized spacial score (nSPS) is 52.0. The van der Waals surface area contributed by atoms with Gasteiger partial charge in [-0.1, -0.05) is 27.4 Å². The Morgan fingerprint density at radius 3 is 2.32 bits per heavy atom. The van der Waals surface area contributed by atoms with Crippen LogP contribution in [0.25, 0.3) is 0 Å². The number of ketones is 1. The summed E-state index contributed by atoms with van der Waals surface area (Å²) in [4.78, 5) is 25.2. The van der Waals surface area contributed by atoms with E-state index in [1.54, 1.807) is 0 Å². The summed E-state index contributed by atoms with van der Waals surface area (Å²) >= 11 is 0. The van der Waals surface area contributed by atoms with Crippen molar-refractivity contribution < 1.29 is 29.6 Å². The molecule has 0 radical (unpaired) electrons. The second-order valence-electron chi connectivity index (χ2n) is 10.3. The van der Waals surface area contributed by atoms with Crippen LogP contribution in [0.2, 0.25) is 0 Å². The molecule has 1 spiro atoms. The number of ether oxygens (including phenoxy) is 1. The smallest absolute Gasteiger partial charge is 0.302 e. The Morgan fingerprint density at radius 1 is 1.07 bits per heavy atom. The highest BCUT2D eigenvalue weighted by Gasteiger charge is 2.76. The van der Waals surface area contributed by atoms with Gasteiger partial charge in [-0.3, -0.25) is 9.59 Å². The molecule has 4 aliphatic carbocycles. The number of hydrogen-bond acceptors (Lipinski definition) is 6. The Morgan fingerprint density at radius 2 is 1.71 bits per heavy atom. The van der Waals surface area contributed by atoms with Crippen LogP contribution in [0.5, 0.6) is 0 Å². The molecule has 9 atom stereocenters. The van der Waals surface area contributed by atoms with E-state index in [4.69, 9.17) is 4.74 Å². The van der Waals surface area contributed by atoms with Crippen molar-refractivity contribution in [3.8, 4) is 0 Å². The molecule has 4 saturated carbocycles. The number of Topliss-reactive ketones (excluding diaryl/α,β-unsaturated/α-hetero) is 1. The maximum Gasteiger partial charge on any atom is 0.302 e. The number of carbonyl (C=O) groups is 2. The number of fused-ring (bicyclic) bond motifs is 3. The van der Waals surface area contributed by atoms with Crippen molar-refractivity contribution in [2.75, 3.05) is 0 Å². The van der Waals surface area contributed by atoms with E-state index in [9.17, 15) is 24.9 Å². The second-order valence-corrected chi connectivity index (χ2v) is 10.3. The van der Waals surface area contributed by atoms with Gasteiger partial charge in [0.25, 0.3) is 0 Å². The summed E-state index contributed by atoms with van der Waals surface area (Å²) in [7, 11) is 0. The number of aliphatic hydroxyl groups excluding tert-OH is 3. The van der Waals surface area contributed by atoms with Crippen molar-refractivity contribution in [3.63, 3.8) is 0 Å². The fraction of sp³-hybridized carbons (Fsp3) is 0.818. The summed E-state index contributed by atoms with van der Waals surface area (Å²) in [6.45, 7) is 11.3. The minimum atomic E-state index is -1.29. The summed E-state index contributed by atoms with van der Waals surface area (Å²) in [5.41, 5.74) is -2.04. The molecule has 4 fully saturated rings. The average Bonchev–Trinajstić information content (AvgIpc) is 2.71. The zero-order chi connectivity index (χ0) is 20.8. The van der Waals surface area contributed by atoms with Crippen LogP contribution in [-0.4, -0.2) is 51.5 Å². The predicted octanol–water partition coefficient (Wildman–Crippen LogP) is 1.61. The number of carbonyl (C=O) groups excluding carboxylic acids is 2. The summed E-state index contributed by atoms with van der Waals surface area (Å²) < 4.78 is 5.72. The Hall–Kier alpha value is -1.24. The van der Waals surface area contributed by atoms with Crippen LogP contribution in [0.15, 0.2) is 12.2 Å². The van der Waals surface area contributed by atoms with Gasteiger partial charge >= 0.3 is 5.97 Å². The Balaban J connectivity index is 1.91. The molecule has 156 valence electrons. The number of hydrogen-bond donors (Lipinski definition) is 3. The molecule has 0 unspecified atom stereocenters. The molecule has 6 nitrogen and oxygen atoms in total. The minimum Gasteiger partial charge on any atom is -0.462 e. The monoisotopic (exact) mass is 392 g/mol. The van der Waals surface area contributed by atoms with Gasteiger partial charge in [-0.25, -0.2) is 0 Å². The van der Waals surface area contributed by atoms with Gasteiger partial charge in [0.15, 0.2) is 5.78 Å². The number of aliphatic hydroxyl groups is 3. The summed E-state index contributed by atoms with van der Waals surface area (Å²) in [6.07, 6.45) is -1.39. The van der Waals surface area contributed by atoms with E-state index in [2.05, 4.69) is 6.58 Å². The molecule has 0 aliphatic heterocycles. The Labute approximate surface area is 166 Å². The van der Waals surface area contributed by atoms with Gasteiger partial charge in [-0.05, 0) is 42.1 Å². The van der Waals surface area contributed by atoms with Crippen LogP contribution in [0.4, 0.5) is 0 Å². The zero-order valence-electron chi connectivity index (χ0n) is 17.1. The lowest BCUT2D eigenvalue weighted by molar-refractivity contribution is -0.271. The van der Waals surface area contributed by atoms with Crippen molar-refractivity contribution in [1.82, 2.24) is 0 Å². The Bertz CT molecular complexity index is 743. The van der Waals surface area contributed by atoms with Gasteiger partial charge < -0.3 is 20.1 Å². The summed E-state index contributed by atoms with van der Waals surface area (Å²) in [6, 6.07) is 0. The van der Waals surface area contributed by atoms with E-state index < -0.39 is 46.6 Å². The molecule has 4 aliphatic rings. The molecule has 0 heterocycles. The van der Waals surface area contributed by atoms with Gasteiger partial charge in [0.1, 0.15) is 6.10 Å². The first-order chi connectivity index (χ1) is 12.9. The fourth-order valence-electron chi connectivity index (χ4n) is 7.63. The molecule has 0 aromatic rings. The highest BCUT2D eigenvalue weighted by Crippen LogP contribution is 2.71. The van der Waals surface area contributed by atoms with Crippen LogP contribution in [-0.2, 0) is 14.3 Å². The van der Waals surface area contributed by atoms with Crippen LogP contribution >= 0.6 is 0 Å². The molecule has 2 bridgehead atoms. The molecule has 6 heteroatoms. The number of esters is 1. The van der Waals surface area contributed by atoms with Gasteiger partial charge in [-0.2, -0.15) is 0 Å². The third-order valence-corrected chi connectivity index (χ3v) is 9.05. The fourth-order valence-corrected chi connectivity index (χ4v) is 7.63. The SMILES string of the molecule is C=C1C(=O)[C@@]23[C@H](O)C[C@@H]4C(C)(C)[C@H](O)C[C@H](OC(C)=O)[C@@]4(C)[C@@H]2CC[C@@H]1[C@H]3O. The van der Waals surface area contributed by atoms with Crippen LogP contribution in [0.1, 0.15) is 53.4 Å². The van der Waals surface area contributed by atoms with Crippen molar-refractivity contribution in [2.24, 2.45) is 34.0 Å². The molecule has 0 amide bonds. The Kier molecular flexibility index (Phi) is 4.22. The molecule has 0 aromatic carbocycles. The summed E-state index contributed by atoms with van der Waals surface area (Å²) in [5, 5.41) is 33.3. The first-order valence-electron chi connectivity index (χ1n) is 10.4. The lowest BCUT2D eigenvalue weighted by Crippen LogP contribution is -2.72. The molecular formula is C22H32O6. The van der Waals surface area contributed by atoms with E-state index >= 15 is 0 Å². The third kappa shape index (κ3) is 2.09. The highest BCUT2D eigenvalue weighted by atomic mass is 16.5. The minimum absolute atomic E-state index is 0.163. The average molecular weight is 392 g/mol. The maximum atomic E-state index is 13.4. The van der Waals surface area contributed by atoms with Crippen LogP contribution in [0.3, 0.4) is 0 Å². The lowest BCUT2D eigenvalue weighted by Gasteiger charge is -2.67. The maximum absolute atomic E-state index is 13.4. The number of rotatable bonds is 1. The van der Waals surface area contributed by atoms with Crippen LogP contribution < -0.4 is 0 Å². The standard InChI is InChI=1S/C22H32O6/c1-10-12-6-7-13-21(5)14(8-16(25)22(13,18(10)26)19(12)27)20(3,4)15(24)9-17(21)28-11(2)23/h12-17,19,24-25,27H,1,6-9H2,2-5H3/t12-,13-,14+,15+,16+,17-,19+,21-,22-/m0/s1. The van der Waals surface area contributed by atoms with E-state index in [1.807, 2.05) is 20.8 Å². The van der Waals surface area contributed by atoms with E-state index in [1.165, 1.54) is 6.92 Å². The van der Waals surface area contributed by atoms with Gasteiger partial charge in [-0.15, -0.1) is 0 Å². The van der Waals surface area contributed by atoms with E-state index in [-0.39, 0.29) is 36.4 Å². The van der Waals surface area contributed by atoms with E-state index in [0.717, 1.165) is 0 Å². The molecular weight excluding hydrogens is 360 g/mol. The first kappa shape index (κ1) is 20.0. The first-order valence-corrected chi connectivity index (χ1v) is 10.4. The second kappa shape index (κ2) is 5.89. The molecule has 28 heavy (non-hydrogen) atoms. The molecule has 3 N–H and O–H groups in total. The lowest BCUT2D eigenvalue weighted by atomic mass is 9.38. The topological polar surface area (TPSA) is 104 Å². The van der Waals surface area contributed by atoms with Crippen molar-refractivity contribution >= 4 is 11.8 Å². The largest absolute Gasteiger partial charge is 0.462 e. The van der Waals surface area contributed by atoms with Gasteiger partial charge in [0, 0.05) is 24.7 Å². The highest BCUT2D eigenvalue weighted by molar-refractivity contribution is 6.04. The van der Waals surface area contributed by atoms with Crippen LogP contribution in [0, 0.1) is 34.0 Å². The third-order valence-electron chi connectivity index (χ3n) is 9.05. The predicted molar refractivity (Wildman–Crippen MR) is 101 cm³/mol. The quantitative estimate of drug-likeness (QED) is 0.463. The van der Waals surface area contributed by atoms with Crippen molar-refractivity contribution in [1.29, 1.82) is 0 Å². The van der Waals surface area contributed by atoms with E-state index in [0.29, 0.717) is 18.4 Å². The molecule has 0 aromatic heterocycles. The molecule has 4 rings (SSSR count). The van der Waals surface area contributed by atoms with Gasteiger partial charge in [0.05, 0.1) is 23.7 Å². The van der Waals surface area contributed by atoms with Crippen molar-refractivity contribution in [3.05, 3.63) is 12.2 Å². The van der Waals surface area contributed by atoms with Gasteiger partial charge in [0.2, 0.25) is 0 Å². The zero-order valence-corrected chi connectivity index (χ0v) is 17.1. The van der Waals surface area contributed by atoms with Crippen molar-refractivity contribution in [2.45, 2.75) is 77.8 Å². The molecule has 0 saturated heterocycles.